The first-order valence-corrected chi connectivity index (χ1v) is 9.68. The van der Waals surface area contributed by atoms with Crippen molar-refractivity contribution >= 4 is 29.1 Å². The summed E-state index contributed by atoms with van der Waals surface area (Å²) in [6, 6.07) is 3.96. The predicted octanol–water partition coefficient (Wildman–Crippen LogP) is 2.74. The van der Waals surface area contributed by atoms with E-state index in [2.05, 4.69) is 20.0 Å². The van der Waals surface area contributed by atoms with Gasteiger partial charge in [-0.2, -0.15) is 8.78 Å². The number of H-pyrrole nitrogens is 1. The van der Waals surface area contributed by atoms with Gasteiger partial charge in [0.15, 0.2) is 0 Å². The zero-order chi connectivity index (χ0) is 21.7. The molecule has 1 aliphatic rings. The zero-order valence-corrected chi connectivity index (χ0v) is 17.0. The van der Waals surface area contributed by atoms with Crippen LogP contribution in [0.25, 0.3) is 0 Å². The minimum absolute atomic E-state index is 0.0371. The highest BCUT2D eigenvalue weighted by molar-refractivity contribution is 6.32. The number of aryl methyl sites for hydroxylation is 1. The molecule has 0 aliphatic carbocycles. The molecule has 0 bridgehead atoms. The van der Waals surface area contributed by atoms with Crippen molar-refractivity contribution in [2.24, 2.45) is 0 Å². The minimum Gasteiger partial charge on any atom is -0.433 e. The van der Waals surface area contributed by atoms with Crippen molar-refractivity contribution in [2.45, 2.75) is 26.4 Å². The van der Waals surface area contributed by atoms with Gasteiger partial charge in [-0.3, -0.25) is 14.6 Å². The van der Waals surface area contributed by atoms with Crippen LogP contribution in [0.3, 0.4) is 0 Å². The van der Waals surface area contributed by atoms with Gasteiger partial charge in [-0.15, -0.1) is 0 Å². The van der Waals surface area contributed by atoms with Crippen molar-refractivity contribution < 1.29 is 23.0 Å². The molecule has 1 aliphatic heterocycles. The molecule has 2 heterocycles. The Balaban J connectivity index is 1.60. The Bertz CT molecular complexity index is 964. The van der Waals surface area contributed by atoms with E-state index in [4.69, 9.17) is 16.3 Å². The smallest absolute Gasteiger partial charge is 0.387 e. The van der Waals surface area contributed by atoms with Crippen molar-refractivity contribution in [1.82, 2.24) is 9.97 Å². The first-order valence-electron chi connectivity index (χ1n) is 9.30. The highest BCUT2D eigenvalue weighted by atomic mass is 35.5. The number of halogens is 3. The van der Waals surface area contributed by atoms with Crippen molar-refractivity contribution in [3.05, 3.63) is 44.8 Å². The Morgan fingerprint density at radius 1 is 1.40 bits per heavy atom. The number of rotatable bonds is 7. The normalized spacial score (nSPS) is 14.1. The van der Waals surface area contributed by atoms with Crippen molar-refractivity contribution in [3.8, 4) is 5.75 Å². The molecule has 3 rings (SSSR count). The number of nitrogens with zero attached hydrogens (tertiary/aromatic N) is 2. The van der Waals surface area contributed by atoms with Crippen LogP contribution in [0.5, 0.6) is 5.75 Å². The number of ether oxygens (including phenoxy) is 2. The Kier molecular flexibility index (Phi) is 7.22. The Hall–Kier alpha value is -2.72. The average Bonchev–Trinajstić information content (AvgIpc) is 2.69. The van der Waals surface area contributed by atoms with Crippen LogP contribution in [0.2, 0.25) is 5.02 Å². The topological polar surface area (TPSA) is 96.6 Å². The summed E-state index contributed by atoms with van der Waals surface area (Å²) in [4.78, 5) is 33.9. The van der Waals surface area contributed by atoms with Crippen LogP contribution >= 0.6 is 11.6 Å². The third-order valence-electron chi connectivity index (χ3n) is 4.55. The predicted molar refractivity (Wildman–Crippen MR) is 108 cm³/mol. The minimum atomic E-state index is -2.99. The number of hydrogen-bond acceptors (Lipinski definition) is 6. The number of aromatic nitrogens is 2. The van der Waals surface area contributed by atoms with E-state index in [-0.39, 0.29) is 35.1 Å². The fourth-order valence-corrected chi connectivity index (χ4v) is 3.27. The summed E-state index contributed by atoms with van der Waals surface area (Å²) in [6.07, 6.45) is 0.235. The lowest BCUT2D eigenvalue weighted by Gasteiger charge is -2.27. The van der Waals surface area contributed by atoms with Gasteiger partial charge in [-0.25, -0.2) is 4.98 Å². The molecule has 30 heavy (non-hydrogen) atoms. The number of amides is 1. The van der Waals surface area contributed by atoms with Gasteiger partial charge in [-0.1, -0.05) is 11.6 Å². The van der Waals surface area contributed by atoms with E-state index in [1.165, 1.54) is 18.2 Å². The Morgan fingerprint density at radius 3 is 2.77 bits per heavy atom. The Labute approximate surface area is 176 Å². The molecule has 11 heteroatoms. The van der Waals surface area contributed by atoms with Gasteiger partial charge >= 0.3 is 6.61 Å². The molecule has 1 aromatic carbocycles. The summed E-state index contributed by atoms with van der Waals surface area (Å²) in [6.45, 7) is 1.18. The number of hydrogen-bond donors (Lipinski definition) is 2. The van der Waals surface area contributed by atoms with Crippen LogP contribution in [0, 0.1) is 6.92 Å². The lowest BCUT2D eigenvalue weighted by atomic mass is 10.1. The fourth-order valence-electron chi connectivity index (χ4n) is 3.05. The SMILES string of the molecule is Cc1nc(N2CCOCC2)[nH]c(=O)c1CCC(=O)Nc1ccc(OC(F)F)c(Cl)c1. The van der Waals surface area contributed by atoms with E-state index in [9.17, 15) is 18.4 Å². The van der Waals surface area contributed by atoms with Crippen molar-refractivity contribution in [1.29, 1.82) is 0 Å². The molecule has 1 aromatic heterocycles. The zero-order valence-electron chi connectivity index (χ0n) is 16.2. The molecular formula is C19H21ClF2N4O4. The molecule has 162 valence electrons. The van der Waals surface area contributed by atoms with Gasteiger partial charge in [0.1, 0.15) is 5.75 Å². The summed E-state index contributed by atoms with van der Waals surface area (Å²) >= 11 is 5.88. The molecule has 0 unspecified atom stereocenters. The lowest BCUT2D eigenvalue weighted by Crippen LogP contribution is -2.38. The number of aromatic amines is 1. The van der Waals surface area contributed by atoms with Gasteiger partial charge in [0.05, 0.1) is 18.2 Å². The number of nitrogens with one attached hydrogen (secondary N) is 2. The second-order valence-electron chi connectivity index (χ2n) is 6.62. The van der Waals surface area contributed by atoms with Gasteiger partial charge in [0.2, 0.25) is 11.9 Å². The van der Waals surface area contributed by atoms with E-state index < -0.39 is 6.61 Å². The second kappa shape index (κ2) is 9.86. The molecule has 1 amide bonds. The van der Waals surface area contributed by atoms with Gasteiger partial charge in [-0.05, 0) is 31.5 Å². The van der Waals surface area contributed by atoms with E-state index in [1.54, 1.807) is 6.92 Å². The second-order valence-corrected chi connectivity index (χ2v) is 7.03. The Morgan fingerprint density at radius 2 is 2.13 bits per heavy atom. The lowest BCUT2D eigenvalue weighted by molar-refractivity contribution is -0.116. The molecule has 1 fully saturated rings. The standard InChI is InChI=1S/C19H21ClF2N4O4/c1-11-13(17(28)25-19(23-11)26-6-8-29-9-7-26)3-5-16(27)24-12-2-4-15(14(20)10-12)30-18(21)22/h2,4,10,18H,3,5-9H2,1H3,(H,24,27)(H,23,25,28). The maximum atomic E-state index is 12.5. The molecule has 0 atom stereocenters. The number of carbonyl (C=O) groups excluding carboxylic acids is 1. The molecule has 2 N–H and O–H groups in total. The van der Waals surface area contributed by atoms with Crippen LogP contribution in [-0.4, -0.2) is 48.8 Å². The highest BCUT2D eigenvalue weighted by Crippen LogP contribution is 2.29. The monoisotopic (exact) mass is 442 g/mol. The number of benzene rings is 1. The number of alkyl halides is 2. The first-order chi connectivity index (χ1) is 14.3. The molecule has 8 nitrogen and oxygen atoms in total. The largest absolute Gasteiger partial charge is 0.433 e. The van der Waals surface area contributed by atoms with Crippen molar-refractivity contribution in [3.63, 3.8) is 0 Å². The molecule has 1 saturated heterocycles. The van der Waals surface area contributed by atoms with Crippen LogP contribution in [0.15, 0.2) is 23.0 Å². The summed E-state index contributed by atoms with van der Waals surface area (Å²) in [5, 5.41) is 2.56. The number of morpholine rings is 1. The quantitative estimate of drug-likeness (QED) is 0.684. The molecular weight excluding hydrogens is 422 g/mol. The third-order valence-corrected chi connectivity index (χ3v) is 4.85. The van der Waals surface area contributed by atoms with E-state index >= 15 is 0 Å². The average molecular weight is 443 g/mol. The van der Waals surface area contributed by atoms with Crippen LogP contribution in [-0.2, 0) is 16.0 Å². The van der Waals surface area contributed by atoms with Crippen LogP contribution in [0.4, 0.5) is 20.4 Å². The highest BCUT2D eigenvalue weighted by Gasteiger charge is 2.17. The van der Waals surface area contributed by atoms with Crippen molar-refractivity contribution in [2.75, 3.05) is 36.5 Å². The summed E-state index contributed by atoms with van der Waals surface area (Å²) in [7, 11) is 0. The molecule has 0 saturated carbocycles. The summed E-state index contributed by atoms with van der Waals surface area (Å²) in [5.74, 6) is -0.0438. The first kappa shape index (κ1) is 22.0. The summed E-state index contributed by atoms with van der Waals surface area (Å²) < 4.78 is 34.1. The van der Waals surface area contributed by atoms with E-state index in [0.717, 1.165) is 0 Å². The fraction of sp³-hybridized carbons (Fsp3) is 0.421. The maximum Gasteiger partial charge on any atom is 0.387 e. The third kappa shape index (κ3) is 5.67. The van der Waals surface area contributed by atoms with E-state index in [0.29, 0.717) is 49.2 Å². The van der Waals surface area contributed by atoms with Gasteiger partial charge < -0.3 is 19.7 Å². The number of anilines is 2. The van der Waals surface area contributed by atoms with Crippen LogP contribution in [0.1, 0.15) is 17.7 Å². The molecule has 2 aromatic rings. The summed E-state index contributed by atoms with van der Waals surface area (Å²) in [5.41, 5.74) is 1.04. The van der Waals surface area contributed by atoms with Gasteiger partial charge in [0, 0.05) is 36.5 Å². The maximum absolute atomic E-state index is 12.5. The molecule has 0 radical (unpaired) electrons. The molecule has 0 spiro atoms. The van der Waals surface area contributed by atoms with Gasteiger partial charge in [0.25, 0.3) is 5.56 Å². The van der Waals surface area contributed by atoms with E-state index in [1.807, 2.05) is 4.90 Å². The number of carbonyl (C=O) groups is 1. The van der Waals surface area contributed by atoms with Crippen LogP contribution < -0.4 is 20.5 Å².